The van der Waals surface area contributed by atoms with Gasteiger partial charge in [-0.25, -0.2) is 0 Å². The van der Waals surface area contributed by atoms with Crippen LogP contribution in [0, 0.1) is 6.92 Å². The molecule has 0 spiro atoms. The number of fused-ring (bicyclic) bond motifs is 1. The summed E-state index contributed by atoms with van der Waals surface area (Å²) in [6.07, 6.45) is 0.635. The molecule has 0 amide bonds. The molecule has 1 atom stereocenters. The number of aliphatic hydroxyl groups is 1. The Morgan fingerprint density at radius 2 is 2.38 bits per heavy atom. The van der Waals surface area contributed by atoms with E-state index in [-0.39, 0.29) is 0 Å². The summed E-state index contributed by atoms with van der Waals surface area (Å²) >= 11 is 0. The average molecular weight is 179 g/mol. The summed E-state index contributed by atoms with van der Waals surface area (Å²) in [5, 5.41) is 10.1. The van der Waals surface area contributed by atoms with Crippen LogP contribution >= 0.6 is 0 Å². The first-order chi connectivity index (χ1) is 6.15. The molecule has 0 bridgehead atoms. The first-order valence-corrected chi connectivity index (χ1v) is 4.49. The Labute approximate surface area is 77.4 Å². The fourth-order valence-electron chi connectivity index (χ4n) is 1.53. The minimum absolute atomic E-state index is 0.329. The number of rotatable bonds is 1. The molecule has 0 saturated carbocycles. The molecule has 1 aliphatic rings. The van der Waals surface area contributed by atoms with Gasteiger partial charge in [-0.1, -0.05) is 6.92 Å². The van der Waals surface area contributed by atoms with Crippen LogP contribution in [0.4, 0.5) is 0 Å². The molecule has 3 heteroatoms. The minimum atomic E-state index is -0.874. The van der Waals surface area contributed by atoms with Crippen LogP contribution in [0.3, 0.4) is 0 Å². The second-order valence-corrected chi connectivity index (χ2v) is 3.47. The van der Waals surface area contributed by atoms with Crippen LogP contribution < -0.4 is 4.74 Å². The smallest absolute Gasteiger partial charge is 0.144 e. The van der Waals surface area contributed by atoms with Crippen molar-refractivity contribution in [2.24, 2.45) is 0 Å². The summed E-state index contributed by atoms with van der Waals surface area (Å²) in [5.41, 5.74) is 0.729. The van der Waals surface area contributed by atoms with E-state index in [1.807, 2.05) is 26.0 Å². The molecule has 3 nitrogen and oxygen atoms in total. The summed E-state index contributed by atoms with van der Waals surface area (Å²) in [5.74, 6) is 0.718. The Morgan fingerprint density at radius 3 is 3.08 bits per heavy atom. The lowest BCUT2D eigenvalue weighted by Crippen LogP contribution is -2.27. The topological polar surface area (TPSA) is 42.4 Å². The largest absolute Gasteiger partial charge is 0.488 e. The van der Waals surface area contributed by atoms with Gasteiger partial charge in [0.15, 0.2) is 0 Å². The molecule has 13 heavy (non-hydrogen) atoms. The molecule has 1 unspecified atom stereocenters. The van der Waals surface area contributed by atoms with Gasteiger partial charge in [-0.05, 0) is 25.5 Å². The van der Waals surface area contributed by atoms with E-state index in [1.165, 1.54) is 0 Å². The van der Waals surface area contributed by atoms with Gasteiger partial charge in [0, 0.05) is 5.69 Å². The van der Waals surface area contributed by atoms with Crippen LogP contribution in [0.5, 0.6) is 5.75 Å². The summed E-state index contributed by atoms with van der Waals surface area (Å²) in [7, 11) is 0. The molecule has 70 valence electrons. The van der Waals surface area contributed by atoms with E-state index >= 15 is 0 Å². The number of nitrogens with zero attached hydrogens (tertiary/aromatic N) is 1. The Bertz CT molecular complexity index is 338. The third-order valence-corrected chi connectivity index (χ3v) is 2.49. The Balaban J connectivity index is 2.52. The maximum atomic E-state index is 10.1. The molecule has 2 rings (SSSR count). The number of aromatic nitrogens is 1. The molecule has 2 heterocycles. The van der Waals surface area contributed by atoms with E-state index in [9.17, 15) is 5.11 Å². The van der Waals surface area contributed by atoms with Gasteiger partial charge >= 0.3 is 0 Å². The molecule has 0 saturated heterocycles. The quantitative estimate of drug-likeness (QED) is 0.708. The highest BCUT2D eigenvalue weighted by molar-refractivity contribution is 5.37. The number of aryl methyl sites for hydroxylation is 1. The zero-order valence-electron chi connectivity index (χ0n) is 7.87. The van der Waals surface area contributed by atoms with Crippen molar-refractivity contribution in [1.82, 2.24) is 4.98 Å². The molecular weight excluding hydrogens is 166 g/mol. The van der Waals surface area contributed by atoms with Gasteiger partial charge < -0.3 is 9.84 Å². The fraction of sp³-hybridized carbons (Fsp3) is 0.500. The maximum Gasteiger partial charge on any atom is 0.144 e. The van der Waals surface area contributed by atoms with Crippen LogP contribution in [-0.4, -0.2) is 16.7 Å². The van der Waals surface area contributed by atoms with E-state index in [0.717, 1.165) is 11.4 Å². The molecular formula is C10H13NO2. The molecule has 0 aromatic carbocycles. The predicted octanol–water partition coefficient (Wildman–Crippen LogP) is 1.38. The zero-order valence-corrected chi connectivity index (χ0v) is 7.87. The Kier molecular flexibility index (Phi) is 1.77. The fourth-order valence-corrected chi connectivity index (χ4v) is 1.53. The van der Waals surface area contributed by atoms with Gasteiger partial charge in [-0.3, -0.25) is 4.98 Å². The van der Waals surface area contributed by atoms with Crippen molar-refractivity contribution in [1.29, 1.82) is 0 Å². The number of hydrogen-bond donors (Lipinski definition) is 1. The van der Waals surface area contributed by atoms with Crippen molar-refractivity contribution in [3.63, 3.8) is 0 Å². The van der Waals surface area contributed by atoms with E-state index in [1.54, 1.807) is 0 Å². The van der Waals surface area contributed by atoms with Gasteiger partial charge in [0.1, 0.15) is 23.7 Å². The third kappa shape index (κ3) is 1.20. The summed E-state index contributed by atoms with van der Waals surface area (Å²) in [4.78, 5) is 4.30. The van der Waals surface area contributed by atoms with Crippen molar-refractivity contribution in [3.8, 4) is 5.75 Å². The lowest BCUT2D eigenvalue weighted by atomic mass is 9.98. The van der Waals surface area contributed by atoms with Crippen molar-refractivity contribution in [3.05, 3.63) is 23.5 Å². The molecule has 0 aliphatic carbocycles. The molecule has 1 aromatic rings. The monoisotopic (exact) mass is 179 g/mol. The standard InChI is InChI=1S/C10H13NO2/c1-3-10(12)6-13-8-5-4-7(2)11-9(8)10/h4-5,12H,3,6H2,1-2H3. The van der Waals surface area contributed by atoms with Crippen molar-refractivity contribution in [2.45, 2.75) is 25.9 Å². The van der Waals surface area contributed by atoms with E-state index in [2.05, 4.69) is 4.98 Å². The second-order valence-electron chi connectivity index (χ2n) is 3.47. The average Bonchev–Trinajstić information content (AvgIpc) is 2.45. The van der Waals surface area contributed by atoms with Gasteiger partial charge in [0.25, 0.3) is 0 Å². The van der Waals surface area contributed by atoms with Crippen molar-refractivity contribution in [2.75, 3.05) is 6.61 Å². The van der Waals surface area contributed by atoms with Crippen molar-refractivity contribution >= 4 is 0 Å². The number of pyridine rings is 1. The van der Waals surface area contributed by atoms with Crippen molar-refractivity contribution < 1.29 is 9.84 Å². The van der Waals surface area contributed by atoms with E-state index in [4.69, 9.17) is 4.74 Å². The highest BCUT2D eigenvalue weighted by Gasteiger charge is 2.38. The predicted molar refractivity (Wildman–Crippen MR) is 48.7 cm³/mol. The van der Waals surface area contributed by atoms with Crippen LogP contribution in [-0.2, 0) is 5.60 Å². The molecule has 1 aliphatic heterocycles. The first kappa shape index (κ1) is 8.51. The maximum absolute atomic E-state index is 10.1. The summed E-state index contributed by atoms with van der Waals surface area (Å²) in [6, 6.07) is 3.76. The molecule has 0 radical (unpaired) electrons. The number of ether oxygens (including phenoxy) is 1. The highest BCUT2D eigenvalue weighted by atomic mass is 16.5. The third-order valence-electron chi connectivity index (χ3n) is 2.49. The minimum Gasteiger partial charge on any atom is -0.488 e. The first-order valence-electron chi connectivity index (χ1n) is 4.49. The van der Waals surface area contributed by atoms with Crippen LogP contribution in [0.2, 0.25) is 0 Å². The lowest BCUT2D eigenvalue weighted by molar-refractivity contribution is 0.00995. The normalized spacial score (nSPS) is 25.5. The van der Waals surface area contributed by atoms with E-state index < -0.39 is 5.60 Å². The molecule has 0 fully saturated rings. The molecule has 1 N–H and O–H groups in total. The van der Waals surface area contributed by atoms with Crippen LogP contribution in [0.1, 0.15) is 24.7 Å². The van der Waals surface area contributed by atoms with Gasteiger partial charge in [0.2, 0.25) is 0 Å². The second kappa shape index (κ2) is 2.70. The zero-order chi connectivity index (χ0) is 9.47. The molecule has 1 aromatic heterocycles. The summed E-state index contributed by atoms with van der Waals surface area (Å²) in [6.45, 7) is 4.17. The SMILES string of the molecule is CCC1(O)COc2ccc(C)nc21. The van der Waals surface area contributed by atoms with Crippen LogP contribution in [0.15, 0.2) is 12.1 Å². The summed E-state index contributed by atoms with van der Waals surface area (Å²) < 4.78 is 5.35. The Morgan fingerprint density at radius 1 is 1.62 bits per heavy atom. The van der Waals surface area contributed by atoms with E-state index in [0.29, 0.717) is 18.7 Å². The lowest BCUT2D eigenvalue weighted by Gasteiger charge is -2.17. The van der Waals surface area contributed by atoms with Crippen LogP contribution in [0.25, 0.3) is 0 Å². The highest BCUT2D eigenvalue weighted by Crippen LogP contribution is 2.37. The van der Waals surface area contributed by atoms with Gasteiger partial charge in [-0.2, -0.15) is 0 Å². The Hall–Kier alpha value is -1.09. The van der Waals surface area contributed by atoms with Gasteiger partial charge in [-0.15, -0.1) is 0 Å². The number of hydrogen-bond acceptors (Lipinski definition) is 3. The van der Waals surface area contributed by atoms with Gasteiger partial charge in [0.05, 0.1) is 0 Å².